The highest BCUT2D eigenvalue weighted by molar-refractivity contribution is 5.15. The average Bonchev–Trinajstić information content (AvgIpc) is 2.50. The quantitative estimate of drug-likeness (QED) is 0.612. The molecule has 1 atom stereocenters. The zero-order valence-corrected chi connectivity index (χ0v) is 11.9. The summed E-state index contributed by atoms with van der Waals surface area (Å²) in [5, 5.41) is 0. The van der Waals surface area contributed by atoms with Gasteiger partial charge in [-0.25, -0.2) is 0 Å². The Balaban J connectivity index is 1.98. The van der Waals surface area contributed by atoms with Gasteiger partial charge >= 0.3 is 0 Å². The van der Waals surface area contributed by atoms with Crippen molar-refractivity contribution < 1.29 is 4.74 Å². The molecule has 1 aromatic rings. The van der Waals surface area contributed by atoms with Crippen LogP contribution >= 0.6 is 0 Å². The molecule has 0 bridgehead atoms. The van der Waals surface area contributed by atoms with Crippen molar-refractivity contribution in [1.82, 2.24) is 5.43 Å². The minimum absolute atomic E-state index is 0.0677. The number of ether oxygens (including phenoxy) is 1. The van der Waals surface area contributed by atoms with Gasteiger partial charge in [0, 0.05) is 7.11 Å². The lowest BCUT2D eigenvalue weighted by molar-refractivity contribution is -0.0692. The average molecular weight is 262 g/mol. The third-order valence-electron chi connectivity index (χ3n) is 4.51. The summed E-state index contributed by atoms with van der Waals surface area (Å²) in [6.07, 6.45) is 8.12. The fourth-order valence-corrected chi connectivity index (χ4v) is 3.30. The van der Waals surface area contributed by atoms with E-state index in [1.165, 1.54) is 24.8 Å². The summed E-state index contributed by atoms with van der Waals surface area (Å²) in [6.45, 7) is 0. The van der Waals surface area contributed by atoms with E-state index in [1.54, 1.807) is 0 Å². The Morgan fingerprint density at radius 2 is 1.89 bits per heavy atom. The maximum Gasteiger partial charge on any atom is 0.0844 e. The van der Waals surface area contributed by atoms with Gasteiger partial charge in [-0.3, -0.25) is 11.3 Å². The summed E-state index contributed by atoms with van der Waals surface area (Å²) < 4.78 is 5.88. The molecule has 1 aliphatic rings. The molecule has 0 aromatic heterocycles. The van der Waals surface area contributed by atoms with Crippen LogP contribution in [0.3, 0.4) is 0 Å². The van der Waals surface area contributed by atoms with E-state index in [2.05, 4.69) is 35.8 Å². The molecule has 3 nitrogen and oxygen atoms in total. The molecule has 3 heteroatoms. The number of hydrazine groups is 1. The Labute approximate surface area is 116 Å². The molecule has 1 aliphatic carbocycles. The lowest BCUT2D eigenvalue weighted by atomic mass is 9.77. The second kappa shape index (κ2) is 7.04. The number of hydrogen-bond donors (Lipinski definition) is 2. The van der Waals surface area contributed by atoms with Crippen LogP contribution in [-0.2, 0) is 11.2 Å². The molecule has 0 spiro atoms. The zero-order chi connectivity index (χ0) is 13.6. The number of aryl methyl sites for hydroxylation is 1. The van der Waals surface area contributed by atoms with Gasteiger partial charge in [0.15, 0.2) is 0 Å². The van der Waals surface area contributed by atoms with Crippen LogP contribution in [0.25, 0.3) is 0 Å². The fourth-order valence-electron chi connectivity index (χ4n) is 3.30. The van der Waals surface area contributed by atoms with Crippen LogP contribution in [0.15, 0.2) is 30.3 Å². The van der Waals surface area contributed by atoms with Crippen molar-refractivity contribution in [3.63, 3.8) is 0 Å². The Hall–Kier alpha value is -0.900. The minimum atomic E-state index is -0.0677. The Kier molecular flexibility index (Phi) is 5.37. The van der Waals surface area contributed by atoms with E-state index in [-0.39, 0.29) is 11.6 Å². The molecule has 1 aromatic carbocycles. The van der Waals surface area contributed by atoms with Crippen molar-refractivity contribution in [1.29, 1.82) is 0 Å². The zero-order valence-electron chi connectivity index (χ0n) is 11.9. The monoisotopic (exact) mass is 262 g/mol. The smallest absolute Gasteiger partial charge is 0.0844 e. The minimum Gasteiger partial charge on any atom is -0.377 e. The van der Waals surface area contributed by atoms with Crippen LogP contribution in [0.2, 0.25) is 0 Å². The molecule has 0 aliphatic heterocycles. The first-order valence-electron chi connectivity index (χ1n) is 7.36. The SMILES string of the molecule is COC1(C(CCc2ccccc2)NN)CCCCC1. The molecule has 3 N–H and O–H groups in total. The molecule has 0 radical (unpaired) electrons. The lowest BCUT2D eigenvalue weighted by Gasteiger charge is -2.42. The van der Waals surface area contributed by atoms with Gasteiger partial charge in [-0.15, -0.1) is 0 Å². The highest BCUT2D eigenvalue weighted by atomic mass is 16.5. The van der Waals surface area contributed by atoms with Crippen LogP contribution in [0, 0.1) is 0 Å². The molecule has 0 heterocycles. The number of rotatable bonds is 6. The summed E-state index contributed by atoms with van der Waals surface area (Å²) in [4.78, 5) is 0. The summed E-state index contributed by atoms with van der Waals surface area (Å²) in [6, 6.07) is 10.8. The molecule has 0 saturated heterocycles. The molecule has 106 valence electrons. The second-order valence-corrected chi connectivity index (χ2v) is 5.57. The summed E-state index contributed by atoms with van der Waals surface area (Å²) in [5.74, 6) is 5.80. The normalized spacial score (nSPS) is 20.1. The van der Waals surface area contributed by atoms with Crippen LogP contribution < -0.4 is 11.3 Å². The Bertz CT molecular complexity index is 360. The first-order chi connectivity index (χ1) is 9.30. The topological polar surface area (TPSA) is 47.3 Å². The lowest BCUT2D eigenvalue weighted by Crippen LogP contribution is -2.55. The molecule has 2 rings (SSSR count). The summed E-state index contributed by atoms with van der Waals surface area (Å²) in [7, 11) is 1.83. The predicted octanol–water partition coefficient (Wildman–Crippen LogP) is 2.80. The van der Waals surface area contributed by atoms with Crippen molar-refractivity contribution in [2.45, 2.75) is 56.6 Å². The Morgan fingerprint density at radius 1 is 1.21 bits per heavy atom. The number of nitrogens with two attached hydrogens (primary N) is 1. The predicted molar refractivity (Wildman–Crippen MR) is 78.7 cm³/mol. The van der Waals surface area contributed by atoms with Crippen molar-refractivity contribution in [2.75, 3.05) is 7.11 Å². The molecular formula is C16H26N2O. The highest BCUT2D eigenvalue weighted by Crippen LogP contribution is 2.35. The third-order valence-corrected chi connectivity index (χ3v) is 4.51. The van der Waals surface area contributed by atoms with E-state index in [0.717, 1.165) is 25.7 Å². The van der Waals surface area contributed by atoms with Crippen molar-refractivity contribution in [2.24, 2.45) is 5.84 Å². The fraction of sp³-hybridized carbons (Fsp3) is 0.625. The van der Waals surface area contributed by atoms with Gasteiger partial charge in [-0.1, -0.05) is 49.6 Å². The van der Waals surface area contributed by atoms with Crippen LogP contribution in [-0.4, -0.2) is 18.8 Å². The van der Waals surface area contributed by atoms with Gasteiger partial charge in [-0.2, -0.15) is 0 Å². The number of benzene rings is 1. The van der Waals surface area contributed by atoms with Gasteiger partial charge < -0.3 is 4.74 Å². The van der Waals surface area contributed by atoms with Gasteiger partial charge in [0.05, 0.1) is 11.6 Å². The summed E-state index contributed by atoms with van der Waals surface area (Å²) >= 11 is 0. The Morgan fingerprint density at radius 3 is 2.47 bits per heavy atom. The van der Waals surface area contributed by atoms with E-state index in [1.807, 2.05) is 7.11 Å². The van der Waals surface area contributed by atoms with Crippen molar-refractivity contribution >= 4 is 0 Å². The summed E-state index contributed by atoms with van der Waals surface area (Å²) in [5.41, 5.74) is 4.31. The highest BCUT2D eigenvalue weighted by Gasteiger charge is 2.39. The molecule has 1 fully saturated rings. The van der Waals surface area contributed by atoms with Gasteiger partial charge in [0.25, 0.3) is 0 Å². The maximum absolute atomic E-state index is 5.88. The maximum atomic E-state index is 5.88. The van der Waals surface area contributed by atoms with Gasteiger partial charge in [0.2, 0.25) is 0 Å². The van der Waals surface area contributed by atoms with Crippen LogP contribution in [0.4, 0.5) is 0 Å². The molecular weight excluding hydrogens is 236 g/mol. The molecule has 19 heavy (non-hydrogen) atoms. The van der Waals surface area contributed by atoms with E-state index in [4.69, 9.17) is 10.6 Å². The number of nitrogens with one attached hydrogen (secondary N) is 1. The molecule has 1 unspecified atom stereocenters. The van der Waals surface area contributed by atoms with E-state index in [9.17, 15) is 0 Å². The van der Waals surface area contributed by atoms with Crippen molar-refractivity contribution in [3.05, 3.63) is 35.9 Å². The third kappa shape index (κ3) is 3.56. The van der Waals surface area contributed by atoms with Gasteiger partial charge in [0.1, 0.15) is 0 Å². The van der Waals surface area contributed by atoms with Crippen molar-refractivity contribution in [3.8, 4) is 0 Å². The largest absolute Gasteiger partial charge is 0.377 e. The van der Waals surface area contributed by atoms with Gasteiger partial charge in [-0.05, 0) is 31.2 Å². The van der Waals surface area contributed by atoms with E-state index < -0.39 is 0 Å². The first-order valence-corrected chi connectivity index (χ1v) is 7.36. The molecule has 0 amide bonds. The van der Waals surface area contributed by atoms with E-state index in [0.29, 0.717) is 0 Å². The standard InChI is InChI=1S/C16H26N2O/c1-19-16(12-6-3-7-13-16)15(18-17)11-10-14-8-4-2-5-9-14/h2,4-5,8-9,15,18H,3,6-7,10-13,17H2,1H3. The second-order valence-electron chi connectivity index (χ2n) is 5.57. The van der Waals surface area contributed by atoms with Crippen LogP contribution in [0.1, 0.15) is 44.1 Å². The van der Waals surface area contributed by atoms with E-state index >= 15 is 0 Å². The van der Waals surface area contributed by atoms with Crippen LogP contribution in [0.5, 0.6) is 0 Å². The first kappa shape index (κ1) is 14.5. The number of hydrogen-bond acceptors (Lipinski definition) is 3. The molecule has 1 saturated carbocycles. The number of methoxy groups -OCH3 is 1.